The molecule has 0 aromatic rings. The number of carbonyl (C=O) groups excluding carboxylic acids is 2. The number of hydrogen-bond donors (Lipinski definition) is 0. The van der Waals surface area contributed by atoms with Crippen molar-refractivity contribution in [2.45, 2.75) is 168 Å². The monoisotopic (exact) mass is 546 g/mol. The Morgan fingerprint density at radius 1 is 0.368 bits per heavy atom. The molecule has 8 nitrogen and oxygen atoms in total. The number of hydrogen-bond acceptors (Lipinski definition) is 8. The van der Waals surface area contributed by atoms with E-state index in [9.17, 15) is 9.59 Å². The molecule has 226 valence electrons. The number of unbranched alkanes of at least 4 members (excludes halogenated alkanes) is 22. The zero-order valence-corrected chi connectivity index (χ0v) is 24.7. The smallest absolute Gasteiger partial charge is 0.432 e. The molecule has 0 amide bonds. The maximum absolute atomic E-state index is 11.4. The molecule has 0 heterocycles. The molecule has 0 atom stereocenters. The van der Waals surface area contributed by atoms with E-state index in [0.29, 0.717) is 0 Å². The highest BCUT2D eigenvalue weighted by Gasteiger charge is 2.10. The highest BCUT2D eigenvalue weighted by atomic mass is 17.7. The van der Waals surface area contributed by atoms with Gasteiger partial charge in [0.2, 0.25) is 0 Å². The van der Waals surface area contributed by atoms with E-state index in [0.717, 1.165) is 38.5 Å². The molecule has 0 aliphatic rings. The van der Waals surface area contributed by atoms with Crippen molar-refractivity contribution in [3.8, 4) is 0 Å². The summed E-state index contributed by atoms with van der Waals surface area (Å²) in [4.78, 5) is 31.2. The van der Waals surface area contributed by atoms with E-state index in [1.807, 2.05) is 0 Å². The normalized spacial score (nSPS) is 10.9. The maximum atomic E-state index is 11.4. The lowest BCUT2D eigenvalue weighted by molar-refractivity contribution is -0.601. The quantitative estimate of drug-likeness (QED) is 0.0396. The van der Waals surface area contributed by atoms with Gasteiger partial charge in [0.05, 0.1) is 13.2 Å². The van der Waals surface area contributed by atoms with Gasteiger partial charge in [0, 0.05) is 10.1 Å². The fraction of sp³-hybridized carbons (Fsp3) is 0.933. The van der Waals surface area contributed by atoms with Crippen LogP contribution in [0.25, 0.3) is 0 Å². The lowest BCUT2D eigenvalue weighted by Crippen LogP contribution is -2.13. The summed E-state index contributed by atoms with van der Waals surface area (Å²) in [6.07, 6.45) is 27.4. The van der Waals surface area contributed by atoms with E-state index in [2.05, 4.69) is 33.7 Å². The van der Waals surface area contributed by atoms with Gasteiger partial charge in [0.1, 0.15) is 0 Å². The van der Waals surface area contributed by atoms with Crippen LogP contribution in [0, 0.1) is 0 Å². The Morgan fingerprint density at radius 3 is 0.868 bits per heavy atom. The average molecular weight is 547 g/mol. The van der Waals surface area contributed by atoms with Gasteiger partial charge >= 0.3 is 12.3 Å². The van der Waals surface area contributed by atoms with Crippen molar-refractivity contribution in [3.63, 3.8) is 0 Å². The topological polar surface area (TPSA) is 89.5 Å². The second-order valence-corrected chi connectivity index (χ2v) is 10.3. The summed E-state index contributed by atoms with van der Waals surface area (Å²) in [6.45, 7) is 4.96. The van der Waals surface area contributed by atoms with Crippen LogP contribution in [0.4, 0.5) is 9.59 Å². The van der Waals surface area contributed by atoms with E-state index in [1.54, 1.807) is 0 Å². The SMILES string of the molecule is CCCCCCCCCCCCCCOC(=O)OOOOC(=O)OCCCCCCCCCCCCCC. The summed E-state index contributed by atoms with van der Waals surface area (Å²) in [7, 11) is 0. The van der Waals surface area contributed by atoms with Crippen LogP contribution in [-0.2, 0) is 29.3 Å². The van der Waals surface area contributed by atoms with E-state index in [1.165, 1.54) is 116 Å². The van der Waals surface area contributed by atoms with Crippen molar-refractivity contribution in [1.29, 1.82) is 0 Å². The molecule has 0 spiro atoms. The molecule has 0 rings (SSSR count). The van der Waals surface area contributed by atoms with Gasteiger partial charge in [-0.1, -0.05) is 155 Å². The predicted molar refractivity (Wildman–Crippen MR) is 149 cm³/mol. The summed E-state index contributed by atoms with van der Waals surface area (Å²) in [6, 6.07) is 0. The number of rotatable bonds is 29. The van der Waals surface area contributed by atoms with Crippen LogP contribution in [0.15, 0.2) is 0 Å². The van der Waals surface area contributed by atoms with Gasteiger partial charge < -0.3 is 9.47 Å². The fourth-order valence-corrected chi connectivity index (χ4v) is 4.33. The molecule has 0 aliphatic carbocycles. The summed E-state index contributed by atoms with van der Waals surface area (Å²) in [5.74, 6) is 0. The highest BCUT2D eigenvalue weighted by Crippen LogP contribution is 2.13. The largest absolute Gasteiger partial charge is 0.542 e. The van der Waals surface area contributed by atoms with Crippen molar-refractivity contribution < 1.29 is 38.9 Å². The molecule has 0 aromatic carbocycles. The summed E-state index contributed by atoms with van der Waals surface area (Å²) >= 11 is 0. The van der Waals surface area contributed by atoms with Crippen LogP contribution < -0.4 is 0 Å². The first-order chi connectivity index (χ1) is 18.7. The molecule has 0 saturated carbocycles. The summed E-state index contributed by atoms with van der Waals surface area (Å²) in [5, 5.41) is 8.10. The zero-order chi connectivity index (χ0) is 27.8. The van der Waals surface area contributed by atoms with Gasteiger partial charge in [-0.3, -0.25) is 0 Å². The Morgan fingerprint density at radius 2 is 0.605 bits per heavy atom. The van der Waals surface area contributed by atoms with Gasteiger partial charge in [0.15, 0.2) is 0 Å². The third-order valence-electron chi connectivity index (χ3n) is 6.67. The predicted octanol–water partition coefficient (Wildman–Crippen LogP) is 10.5. The van der Waals surface area contributed by atoms with E-state index in [4.69, 9.17) is 9.47 Å². The van der Waals surface area contributed by atoms with E-state index < -0.39 is 12.3 Å². The molecule has 0 bridgehead atoms. The van der Waals surface area contributed by atoms with Gasteiger partial charge in [-0.15, -0.1) is 0 Å². The van der Waals surface area contributed by atoms with Crippen molar-refractivity contribution in [2.75, 3.05) is 13.2 Å². The average Bonchev–Trinajstić information content (AvgIpc) is 2.92. The molecule has 0 N–H and O–H groups in total. The molecule has 0 radical (unpaired) electrons. The van der Waals surface area contributed by atoms with Crippen LogP contribution >= 0.6 is 0 Å². The Labute approximate surface area is 232 Å². The van der Waals surface area contributed by atoms with Crippen molar-refractivity contribution in [3.05, 3.63) is 0 Å². The Kier molecular flexibility index (Phi) is 30.4. The Hall–Kier alpha value is -1.54. The van der Waals surface area contributed by atoms with Crippen molar-refractivity contribution in [2.24, 2.45) is 0 Å². The summed E-state index contributed by atoms with van der Waals surface area (Å²) in [5.41, 5.74) is 0. The fourth-order valence-electron chi connectivity index (χ4n) is 4.33. The molecule has 0 aromatic heterocycles. The van der Waals surface area contributed by atoms with E-state index in [-0.39, 0.29) is 13.2 Å². The van der Waals surface area contributed by atoms with Crippen LogP contribution in [0.2, 0.25) is 0 Å². The molecule has 8 heteroatoms. The lowest BCUT2D eigenvalue weighted by atomic mass is 10.1. The number of ether oxygens (including phenoxy) is 2. The van der Waals surface area contributed by atoms with Gasteiger partial charge in [0.25, 0.3) is 0 Å². The van der Waals surface area contributed by atoms with Crippen LogP contribution in [-0.4, -0.2) is 25.5 Å². The first kappa shape index (κ1) is 36.5. The zero-order valence-electron chi connectivity index (χ0n) is 24.7. The van der Waals surface area contributed by atoms with Crippen LogP contribution in [0.5, 0.6) is 0 Å². The van der Waals surface area contributed by atoms with Crippen molar-refractivity contribution >= 4 is 12.3 Å². The molecule has 0 aliphatic heterocycles. The van der Waals surface area contributed by atoms with Crippen molar-refractivity contribution in [1.82, 2.24) is 0 Å². The molecular formula is C30H58O8. The van der Waals surface area contributed by atoms with E-state index >= 15 is 0 Å². The van der Waals surface area contributed by atoms with Gasteiger partial charge in [-0.25, -0.2) is 19.4 Å². The highest BCUT2D eigenvalue weighted by molar-refractivity contribution is 5.59. The minimum Gasteiger partial charge on any atom is -0.432 e. The Balaban J connectivity index is 3.27. The Bertz CT molecular complexity index is 457. The lowest BCUT2D eigenvalue weighted by Gasteiger charge is -2.05. The minimum absolute atomic E-state index is 0.238. The third kappa shape index (κ3) is 30.7. The molecule has 38 heavy (non-hydrogen) atoms. The number of carbonyl (C=O) groups is 2. The van der Waals surface area contributed by atoms with Crippen LogP contribution in [0.3, 0.4) is 0 Å². The molecular weight excluding hydrogens is 488 g/mol. The first-order valence-electron chi connectivity index (χ1n) is 15.7. The molecule has 0 unspecified atom stereocenters. The first-order valence-corrected chi connectivity index (χ1v) is 15.7. The summed E-state index contributed by atoms with van der Waals surface area (Å²) < 4.78 is 9.71. The van der Waals surface area contributed by atoms with Gasteiger partial charge in [-0.05, 0) is 12.8 Å². The standard InChI is InChI=1S/C30H58O8/c1-3-5-7-9-11-13-15-17-19-21-23-25-27-33-29(31)35-37-38-36-30(32)34-28-26-24-22-20-18-16-14-12-10-8-6-4-2/h3-28H2,1-2H3. The second-order valence-electron chi connectivity index (χ2n) is 10.3. The second kappa shape index (κ2) is 31.7. The minimum atomic E-state index is -1.05. The maximum Gasteiger partial charge on any atom is 0.542 e. The third-order valence-corrected chi connectivity index (χ3v) is 6.67. The molecule has 0 fully saturated rings. The van der Waals surface area contributed by atoms with Crippen LogP contribution in [0.1, 0.15) is 168 Å². The van der Waals surface area contributed by atoms with Gasteiger partial charge in [-0.2, -0.15) is 0 Å². The molecule has 0 saturated heterocycles.